The molecule has 0 aromatic rings. The highest BCUT2D eigenvalue weighted by Crippen LogP contribution is 2.38. The number of hydrogen-bond acceptors (Lipinski definition) is 8. The van der Waals surface area contributed by atoms with Gasteiger partial charge in [0.2, 0.25) is 0 Å². The van der Waals surface area contributed by atoms with Crippen LogP contribution in [0.25, 0.3) is 0 Å². The van der Waals surface area contributed by atoms with Gasteiger partial charge in [-0.1, -0.05) is 184 Å². The lowest BCUT2D eigenvalue weighted by Crippen LogP contribution is -2.37. The van der Waals surface area contributed by atoms with Crippen LogP contribution in [0.3, 0.4) is 0 Å². The summed E-state index contributed by atoms with van der Waals surface area (Å²) < 4.78 is 34.0. The fraction of sp³-hybridized carbons (Fsp3) is 0.811. The van der Waals surface area contributed by atoms with Gasteiger partial charge in [-0.3, -0.25) is 14.2 Å². The van der Waals surface area contributed by atoms with Crippen molar-refractivity contribution in [1.29, 1.82) is 0 Å². The van der Waals surface area contributed by atoms with Gasteiger partial charge in [0.15, 0.2) is 6.10 Å². The minimum Gasteiger partial charge on any atom is -0.756 e. The monoisotopic (exact) mass is 908 g/mol. The molecule has 0 aromatic carbocycles. The highest BCUT2D eigenvalue weighted by molar-refractivity contribution is 7.45. The first-order chi connectivity index (χ1) is 30.5. The lowest BCUT2D eigenvalue weighted by Gasteiger charge is -2.28. The maximum Gasteiger partial charge on any atom is 0.306 e. The predicted molar refractivity (Wildman–Crippen MR) is 264 cm³/mol. The lowest BCUT2D eigenvalue weighted by molar-refractivity contribution is -0.870. The first kappa shape index (κ1) is 61.0. The van der Waals surface area contributed by atoms with Crippen LogP contribution in [0.5, 0.6) is 0 Å². The van der Waals surface area contributed by atoms with E-state index in [2.05, 4.69) is 62.5 Å². The number of quaternary nitrogens is 1. The van der Waals surface area contributed by atoms with Crippen LogP contribution in [0.15, 0.2) is 48.6 Å². The van der Waals surface area contributed by atoms with E-state index in [1.807, 2.05) is 21.1 Å². The number of carbonyl (C=O) groups excluding carboxylic acids is 2. The predicted octanol–water partition coefficient (Wildman–Crippen LogP) is 14.8. The smallest absolute Gasteiger partial charge is 0.306 e. The molecular weight excluding hydrogens is 810 g/mol. The highest BCUT2D eigenvalue weighted by Gasteiger charge is 2.21. The number of esters is 2. The number of hydrogen-bond donors (Lipinski definition) is 0. The van der Waals surface area contributed by atoms with Gasteiger partial charge in [-0.15, -0.1) is 0 Å². The van der Waals surface area contributed by atoms with Gasteiger partial charge in [0.1, 0.15) is 19.8 Å². The molecule has 0 amide bonds. The summed E-state index contributed by atoms with van der Waals surface area (Å²) in [4.78, 5) is 37.7. The summed E-state index contributed by atoms with van der Waals surface area (Å²) in [5.74, 6) is -0.849. The fourth-order valence-corrected chi connectivity index (χ4v) is 7.74. The van der Waals surface area contributed by atoms with E-state index in [-0.39, 0.29) is 26.1 Å². The van der Waals surface area contributed by atoms with Crippen LogP contribution in [0.4, 0.5) is 0 Å². The second-order valence-corrected chi connectivity index (χ2v) is 19.9. The van der Waals surface area contributed by atoms with E-state index in [1.54, 1.807) is 0 Å². The van der Waals surface area contributed by atoms with Gasteiger partial charge in [0.05, 0.1) is 27.7 Å². The Hall–Kier alpha value is -2.03. The van der Waals surface area contributed by atoms with E-state index >= 15 is 0 Å². The summed E-state index contributed by atoms with van der Waals surface area (Å²) in [7, 11) is 1.16. The molecule has 0 bridgehead atoms. The standard InChI is InChI=1S/C53H98NO8P/c1-6-8-10-12-14-16-18-20-22-24-25-26-27-28-29-30-32-34-36-38-40-42-44-46-53(56)62-51(50-61-63(57,58)60-48-47-54(3,4)5)49-59-52(55)45-43-41-39-37-35-33-31-23-21-19-17-15-13-11-9-7-2/h18,20,23-25,27-28,31,51H,6-17,19,21-22,26,29-30,32-50H2,1-5H3/b20-18-,25-24-,28-27-,31-23-. The summed E-state index contributed by atoms with van der Waals surface area (Å²) in [5.41, 5.74) is 0. The first-order valence-corrected chi connectivity index (χ1v) is 27.3. The molecule has 0 saturated carbocycles. The van der Waals surface area contributed by atoms with E-state index in [0.717, 1.165) is 77.0 Å². The molecule has 0 heterocycles. The second-order valence-electron chi connectivity index (χ2n) is 18.5. The van der Waals surface area contributed by atoms with Crippen LogP contribution in [0.1, 0.15) is 226 Å². The van der Waals surface area contributed by atoms with E-state index in [1.165, 1.54) is 116 Å². The molecule has 0 saturated heterocycles. The second kappa shape index (κ2) is 45.1. The van der Waals surface area contributed by atoms with Gasteiger partial charge in [-0.2, -0.15) is 0 Å². The largest absolute Gasteiger partial charge is 0.756 e. The van der Waals surface area contributed by atoms with Gasteiger partial charge >= 0.3 is 11.9 Å². The van der Waals surface area contributed by atoms with Crippen LogP contribution in [0, 0.1) is 0 Å². The highest BCUT2D eigenvalue weighted by atomic mass is 31.2. The molecule has 0 radical (unpaired) electrons. The van der Waals surface area contributed by atoms with Gasteiger partial charge in [-0.25, -0.2) is 0 Å². The molecule has 0 aliphatic heterocycles. The minimum absolute atomic E-state index is 0.0347. The van der Waals surface area contributed by atoms with Gasteiger partial charge in [0.25, 0.3) is 7.82 Å². The van der Waals surface area contributed by atoms with Crippen molar-refractivity contribution in [1.82, 2.24) is 0 Å². The summed E-state index contributed by atoms with van der Waals surface area (Å²) in [5, 5.41) is 0. The Balaban J connectivity index is 4.27. The Morgan fingerprint density at radius 2 is 0.857 bits per heavy atom. The Labute approximate surface area is 388 Å². The molecule has 0 spiro atoms. The molecule has 2 atom stereocenters. The first-order valence-electron chi connectivity index (χ1n) is 25.8. The SMILES string of the molecule is CCCCCCC/C=C\C/C=C\C/C=C\CCCCCCCCCCC(=O)OC(COC(=O)CCCCCCC/C=C\CCCCCCCCC)COP(=O)([O-])OCC[N+](C)(C)C. The van der Waals surface area contributed by atoms with E-state index < -0.39 is 32.5 Å². The molecule has 0 aliphatic rings. The van der Waals surface area contributed by atoms with Crippen molar-refractivity contribution in [3.63, 3.8) is 0 Å². The number of carbonyl (C=O) groups is 2. The van der Waals surface area contributed by atoms with Crippen molar-refractivity contribution < 1.29 is 42.1 Å². The average Bonchev–Trinajstić information content (AvgIpc) is 3.24. The van der Waals surface area contributed by atoms with Crippen LogP contribution >= 0.6 is 7.82 Å². The zero-order valence-electron chi connectivity index (χ0n) is 41.5. The Morgan fingerprint density at radius 1 is 0.492 bits per heavy atom. The maximum atomic E-state index is 12.7. The molecule has 9 nitrogen and oxygen atoms in total. The van der Waals surface area contributed by atoms with Crippen LogP contribution in [-0.2, 0) is 32.7 Å². The number of likely N-dealkylation sites (N-methyl/N-ethyl adjacent to an activating group) is 1. The minimum atomic E-state index is -4.63. The van der Waals surface area contributed by atoms with Crippen molar-refractivity contribution in [2.45, 2.75) is 232 Å². The third kappa shape index (κ3) is 49.2. The van der Waals surface area contributed by atoms with Gasteiger partial charge in [-0.05, 0) is 77.0 Å². The Bertz CT molecular complexity index is 1210. The molecule has 0 N–H and O–H groups in total. The number of nitrogens with zero attached hydrogens (tertiary/aromatic N) is 1. The summed E-state index contributed by atoms with van der Waals surface area (Å²) in [6.07, 6.45) is 54.2. The number of ether oxygens (including phenoxy) is 2. The van der Waals surface area contributed by atoms with Crippen LogP contribution in [-0.4, -0.2) is 70.0 Å². The number of rotatable bonds is 47. The van der Waals surface area contributed by atoms with Crippen molar-refractivity contribution in [2.75, 3.05) is 47.5 Å². The normalized spacial score (nSPS) is 13.8. The van der Waals surface area contributed by atoms with Crippen molar-refractivity contribution >= 4 is 19.8 Å². The van der Waals surface area contributed by atoms with Gasteiger partial charge in [0, 0.05) is 12.8 Å². The van der Waals surface area contributed by atoms with E-state index in [0.29, 0.717) is 17.4 Å². The fourth-order valence-electron chi connectivity index (χ4n) is 7.01. The van der Waals surface area contributed by atoms with Crippen molar-refractivity contribution in [3.8, 4) is 0 Å². The molecule has 0 rings (SSSR count). The molecule has 368 valence electrons. The Kier molecular flexibility index (Phi) is 43.7. The average molecular weight is 908 g/mol. The third-order valence-electron chi connectivity index (χ3n) is 11.1. The number of unbranched alkanes of at least 4 members (excludes halogenated alkanes) is 25. The molecule has 63 heavy (non-hydrogen) atoms. The number of phosphoric ester groups is 1. The summed E-state index contributed by atoms with van der Waals surface area (Å²) in [6, 6.07) is 0. The Morgan fingerprint density at radius 3 is 1.29 bits per heavy atom. The van der Waals surface area contributed by atoms with Crippen LogP contribution in [0.2, 0.25) is 0 Å². The number of allylic oxidation sites excluding steroid dienone is 8. The van der Waals surface area contributed by atoms with Crippen LogP contribution < -0.4 is 4.89 Å². The molecule has 0 aromatic heterocycles. The lowest BCUT2D eigenvalue weighted by atomic mass is 10.1. The zero-order chi connectivity index (χ0) is 46.4. The molecule has 10 heteroatoms. The summed E-state index contributed by atoms with van der Waals surface area (Å²) in [6.45, 7) is 4.21. The molecular formula is C53H98NO8P. The molecule has 0 fully saturated rings. The van der Waals surface area contributed by atoms with Crippen molar-refractivity contribution in [3.05, 3.63) is 48.6 Å². The van der Waals surface area contributed by atoms with E-state index in [9.17, 15) is 19.0 Å². The zero-order valence-corrected chi connectivity index (χ0v) is 42.4. The molecule has 0 aliphatic carbocycles. The van der Waals surface area contributed by atoms with E-state index in [4.69, 9.17) is 18.5 Å². The van der Waals surface area contributed by atoms with Gasteiger partial charge < -0.3 is 27.9 Å². The van der Waals surface area contributed by atoms with Crippen molar-refractivity contribution in [2.24, 2.45) is 0 Å². The number of phosphoric acid groups is 1. The quantitative estimate of drug-likeness (QED) is 0.0195. The maximum absolute atomic E-state index is 12.7. The summed E-state index contributed by atoms with van der Waals surface area (Å²) >= 11 is 0. The third-order valence-corrected chi connectivity index (χ3v) is 12.0. The molecule has 2 unspecified atom stereocenters. The topological polar surface area (TPSA) is 111 Å².